The second-order valence-electron chi connectivity index (χ2n) is 6.71. The summed E-state index contributed by atoms with van der Waals surface area (Å²) in [7, 11) is 0. The quantitative estimate of drug-likeness (QED) is 0.860. The highest BCUT2D eigenvalue weighted by atomic mass is 16.1. The normalized spacial score (nSPS) is 30.1. The zero-order valence-corrected chi connectivity index (χ0v) is 12.4. The molecule has 3 nitrogen and oxygen atoms in total. The van der Waals surface area contributed by atoms with Gasteiger partial charge in [0.05, 0.1) is 0 Å². The van der Waals surface area contributed by atoms with Crippen LogP contribution in [0.5, 0.6) is 0 Å². The SMILES string of the molecule is CC(C)CN1C2CCC(C(=O)C2)C1c1ccc(N)cc1. The Morgan fingerprint density at radius 3 is 2.55 bits per heavy atom. The van der Waals surface area contributed by atoms with Crippen molar-refractivity contribution >= 4 is 11.5 Å². The highest BCUT2D eigenvalue weighted by Gasteiger charge is 2.46. The zero-order chi connectivity index (χ0) is 14.3. The molecule has 4 rings (SSSR count). The van der Waals surface area contributed by atoms with E-state index in [2.05, 4.69) is 30.9 Å². The Morgan fingerprint density at radius 1 is 1.25 bits per heavy atom. The lowest BCUT2D eigenvalue weighted by atomic mass is 9.71. The van der Waals surface area contributed by atoms with Crippen molar-refractivity contribution in [2.24, 2.45) is 11.8 Å². The van der Waals surface area contributed by atoms with Crippen LogP contribution >= 0.6 is 0 Å². The van der Waals surface area contributed by atoms with Crippen LogP contribution in [0, 0.1) is 11.8 Å². The van der Waals surface area contributed by atoms with E-state index >= 15 is 0 Å². The Labute approximate surface area is 121 Å². The number of rotatable bonds is 3. The third-order valence-corrected chi connectivity index (χ3v) is 4.72. The molecule has 2 saturated heterocycles. The van der Waals surface area contributed by atoms with Gasteiger partial charge in [0.25, 0.3) is 0 Å². The number of anilines is 1. The van der Waals surface area contributed by atoms with Crippen molar-refractivity contribution in [3.8, 4) is 0 Å². The molecule has 1 saturated carbocycles. The zero-order valence-electron chi connectivity index (χ0n) is 12.4. The summed E-state index contributed by atoms with van der Waals surface area (Å²) in [5.41, 5.74) is 7.84. The predicted octanol–water partition coefficient (Wildman–Crippen LogP) is 3.02. The first kappa shape index (κ1) is 13.6. The second-order valence-corrected chi connectivity index (χ2v) is 6.71. The van der Waals surface area contributed by atoms with Gasteiger partial charge in [0, 0.05) is 36.7 Å². The first-order chi connectivity index (χ1) is 9.56. The van der Waals surface area contributed by atoms with E-state index in [0.29, 0.717) is 17.7 Å². The molecule has 108 valence electrons. The average Bonchev–Trinajstić information content (AvgIpc) is 2.40. The fraction of sp³-hybridized carbons (Fsp3) is 0.588. The number of piperidine rings is 2. The third-order valence-electron chi connectivity index (χ3n) is 4.72. The summed E-state index contributed by atoms with van der Waals surface area (Å²) in [6.45, 7) is 5.58. The summed E-state index contributed by atoms with van der Waals surface area (Å²) in [5, 5.41) is 0. The molecule has 2 bridgehead atoms. The Bertz CT molecular complexity index is 494. The molecule has 3 fully saturated rings. The number of nitrogen functional groups attached to an aromatic ring is 1. The molecular formula is C17H24N2O. The van der Waals surface area contributed by atoms with Crippen molar-refractivity contribution in [2.45, 2.75) is 45.2 Å². The minimum atomic E-state index is 0.183. The standard InChI is InChI=1S/C17H24N2O/c1-11(2)10-19-14-7-8-15(16(20)9-14)17(19)12-3-5-13(18)6-4-12/h3-6,11,14-15,17H,7-10,18H2,1-2H3. The number of hydrogen-bond donors (Lipinski definition) is 1. The predicted molar refractivity (Wildman–Crippen MR) is 81.3 cm³/mol. The monoisotopic (exact) mass is 272 g/mol. The third kappa shape index (κ3) is 2.35. The maximum absolute atomic E-state index is 12.3. The Morgan fingerprint density at radius 2 is 1.95 bits per heavy atom. The molecule has 0 radical (unpaired) electrons. The largest absolute Gasteiger partial charge is 0.399 e. The number of Topliss-reactive ketones (excluding diaryl/α,β-unsaturated/α-hetero) is 1. The number of benzene rings is 1. The first-order valence-electron chi connectivity index (χ1n) is 7.70. The lowest BCUT2D eigenvalue weighted by Crippen LogP contribution is -2.55. The van der Waals surface area contributed by atoms with Gasteiger partial charge in [-0.1, -0.05) is 26.0 Å². The topological polar surface area (TPSA) is 46.3 Å². The molecule has 1 aliphatic carbocycles. The fourth-order valence-electron chi connectivity index (χ4n) is 3.90. The lowest BCUT2D eigenvalue weighted by molar-refractivity contribution is -0.138. The van der Waals surface area contributed by atoms with E-state index in [4.69, 9.17) is 5.73 Å². The summed E-state index contributed by atoms with van der Waals surface area (Å²) in [6.07, 6.45) is 2.98. The molecule has 2 N–H and O–H groups in total. The van der Waals surface area contributed by atoms with E-state index < -0.39 is 0 Å². The van der Waals surface area contributed by atoms with Crippen LogP contribution in [0.15, 0.2) is 24.3 Å². The van der Waals surface area contributed by atoms with Crippen molar-refractivity contribution in [2.75, 3.05) is 12.3 Å². The van der Waals surface area contributed by atoms with Gasteiger partial charge in [-0.2, -0.15) is 0 Å². The summed E-state index contributed by atoms with van der Waals surface area (Å²) in [5.74, 6) is 1.27. The van der Waals surface area contributed by atoms with Crippen molar-refractivity contribution < 1.29 is 4.79 Å². The maximum atomic E-state index is 12.3. The molecule has 2 heterocycles. The molecular weight excluding hydrogens is 248 g/mol. The lowest BCUT2D eigenvalue weighted by Gasteiger charge is -2.51. The number of hydrogen-bond acceptors (Lipinski definition) is 3. The van der Waals surface area contributed by atoms with Crippen LogP contribution in [0.4, 0.5) is 5.69 Å². The van der Waals surface area contributed by atoms with Gasteiger partial charge >= 0.3 is 0 Å². The van der Waals surface area contributed by atoms with E-state index in [0.717, 1.165) is 25.1 Å². The fourth-order valence-corrected chi connectivity index (χ4v) is 3.90. The summed E-state index contributed by atoms with van der Waals surface area (Å²) in [4.78, 5) is 14.9. The van der Waals surface area contributed by atoms with Gasteiger partial charge in [-0.3, -0.25) is 9.69 Å². The molecule has 0 amide bonds. The van der Waals surface area contributed by atoms with Gasteiger partial charge in [0.2, 0.25) is 0 Å². The van der Waals surface area contributed by atoms with Crippen LogP contribution in [0.3, 0.4) is 0 Å². The molecule has 0 spiro atoms. The number of carbonyl (C=O) groups is 1. The van der Waals surface area contributed by atoms with Crippen LogP contribution in [-0.2, 0) is 4.79 Å². The van der Waals surface area contributed by atoms with Crippen molar-refractivity contribution in [1.29, 1.82) is 0 Å². The maximum Gasteiger partial charge on any atom is 0.139 e. The molecule has 2 aliphatic heterocycles. The van der Waals surface area contributed by atoms with Crippen LogP contribution in [0.2, 0.25) is 0 Å². The average molecular weight is 272 g/mol. The molecule has 3 aliphatic rings. The summed E-state index contributed by atoms with van der Waals surface area (Å²) in [6, 6.07) is 8.81. The van der Waals surface area contributed by atoms with Gasteiger partial charge in [-0.25, -0.2) is 0 Å². The van der Waals surface area contributed by atoms with Crippen LogP contribution in [-0.4, -0.2) is 23.3 Å². The van der Waals surface area contributed by atoms with Gasteiger partial charge in [-0.05, 0) is 36.5 Å². The highest BCUT2D eigenvalue weighted by Crippen LogP contribution is 2.45. The molecule has 0 aromatic heterocycles. The van der Waals surface area contributed by atoms with Crippen LogP contribution < -0.4 is 5.73 Å². The number of nitrogens with zero attached hydrogens (tertiary/aromatic N) is 1. The van der Waals surface area contributed by atoms with Gasteiger partial charge in [-0.15, -0.1) is 0 Å². The van der Waals surface area contributed by atoms with E-state index in [1.165, 1.54) is 12.0 Å². The second kappa shape index (κ2) is 5.21. The van der Waals surface area contributed by atoms with Gasteiger partial charge in [0.15, 0.2) is 0 Å². The molecule has 20 heavy (non-hydrogen) atoms. The first-order valence-corrected chi connectivity index (χ1v) is 7.70. The number of nitrogens with two attached hydrogens (primary N) is 1. The molecule has 3 heteroatoms. The van der Waals surface area contributed by atoms with Crippen LogP contribution in [0.1, 0.15) is 44.7 Å². The minimum Gasteiger partial charge on any atom is -0.399 e. The van der Waals surface area contributed by atoms with E-state index in [-0.39, 0.29) is 12.0 Å². The van der Waals surface area contributed by atoms with E-state index in [1.54, 1.807) is 0 Å². The number of fused-ring (bicyclic) bond motifs is 3. The van der Waals surface area contributed by atoms with Gasteiger partial charge in [0.1, 0.15) is 5.78 Å². The minimum absolute atomic E-state index is 0.183. The molecule has 3 atom stereocenters. The molecule has 1 aromatic rings. The Balaban J connectivity index is 1.94. The summed E-state index contributed by atoms with van der Waals surface area (Å²) >= 11 is 0. The van der Waals surface area contributed by atoms with Crippen molar-refractivity contribution in [3.63, 3.8) is 0 Å². The molecule has 1 aromatic carbocycles. The number of carbonyl (C=O) groups excluding carboxylic acids is 1. The Hall–Kier alpha value is -1.35. The van der Waals surface area contributed by atoms with Crippen molar-refractivity contribution in [3.05, 3.63) is 29.8 Å². The van der Waals surface area contributed by atoms with E-state index in [9.17, 15) is 4.79 Å². The summed E-state index contributed by atoms with van der Waals surface area (Å²) < 4.78 is 0. The van der Waals surface area contributed by atoms with E-state index in [1.807, 2.05) is 12.1 Å². The number of ketones is 1. The smallest absolute Gasteiger partial charge is 0.139 e. The Kier molecular flexibility index (Phi) is 3.55. The molecule has 3 unspecified atom stereocenters. The highest BCUT2D eigenvalue weighted by molar-refractivity contribution is 5.84. The van der Waals surface area contributed by atoms with Crippen molar-refractivity contribution in [1.82, 2.24) is 4.90 Å². The van der Waals surface area contributed by atoms with Crippen LogP contribution in [0.25, 0.3) is 0 Å². The van der Waals surface area contributed by atoms with Gasteiger partial charge < -0.3 is 5.73 Å².